The van der Waals surface area contributed by atoms with Crippen LogP contribution in [0.25, 0.3) is 91.1 Å². The molecular formula is C44H24N4S. The smallest absolute Gasteiger partial charge is 0.188 e. The molecule has 0 amide bonds. The summed E-state index contributed by atoms with van der Waals surface area (Å²) in [6.07, 6.45) is 0. The number of fused-ring (bicyclic) bond motifs is 10. The Balaban J connectivity index is 1.32. The Bertz CT molecular complexity index is 3090. The quantitative estimate of drug-likeness (QED) is 0.177. The third-order valence-corrected chi connectivity index (χ3v) is 11.0. The number of para-hydroxylation sites is 3. The lowest BCUT2D eigenvalue weighted by atomic mass is 10.0. The van der Waals surface area contributed by atoms with Crippen LogP contribution in [-0.2, 0) is 0 Å². The molecule has 49 heavy (non-hydrogen) atoms. The highest BCUT2D eigenvalue weighted by atomic mass is 32.1. The van der Waals surface area contributed by atoms with Crippen LogP contribution >= 0.6 is 11.3 Å². The molecule has 0 bridgehead atoms. The van der Waals surface area contributed by atoms with Crippen LogP contribution in [0.15, 0.2) is 146 Å². The topological polar surface area (TPSA) is 38.0 Å². The molecule has 0 N–H and O–H groups in total. The molecule has 0 aliphatic carbocycles. The molecule has 0 saturated carbocycles. The van der Waals surface area contributed by atoms with E-state index in [1.807, 2.05) is 35.6 Å². The van der Waals surface area contributed by atoms with E-state index in [0.717, 1.165) is 66.1 Å². The van der Waals surface area contributed by atoms with Gasteiger partial charge in [-0.2, -0.15) is 5.26 Å². The zero-order valence-electron chi connectivity index (χ0n) is 26.1. The van der Waals surface area contributed by atoms with Crippen molar-refractivity contribution in [1.82, 2.24) is 9.13 Å². The summed E-state index contributed by atoms with van der Waals surface area (Å²) in [7, 11) is 0. The highest BCUT2D eigenvalue weighted by Crippen LogP contribution is 2.46. The fourth-order valence-electron chi connectivity index (χ4n) is 7.68. The molecule has 0 aliphatic heterocycles. The van der Waals surface area contributed by atoms with Gasteiger partial charge in [-0.1, -0.05) is 91.0 Å². The fraction of sp³-hybridized carbons (Fsp3) is 0. The minimum Gasteiger partial charge on any atom is -0.309 e. The van der Waals surface area contributed by atoms with Gasteiger partial charge in [0.05, 0.1) is 56.3 Å². The van der Waals surface area contributed by atoms with E-state index in [-0.39, 0.29) is 0 Å². The molecule has 226 valence electrons. The second-order valence-corrected chi connectivity index (χ2v) is 13.4. The van der Waals surface area contributed by atoms with Gasteiger partial charge in [0.15, 0.2) is 5.69 Å². The summed E-state index contributed by atoms with van der Waals surface area (Å²) in [6.45, 7) is 7.78. The van der Waals surface area contributed by atoms with E-state index in [2.05, 4.69) is 141 Å². The maximum absolute atomic E-state index is 9.72. The summed E-state index contributed by atoms with van der Waals surface area (Å²) in [6, 6.07) is 53.1. The van der Waals surface area contributed by atoms with Gasteiger partial charge in [0.25, 0.3) is 0 Å². The zero-order valence-corrected chi connectivity index (χ0v) is 26.9. The van der Waals surface area contributed by atoms with Crippen LogP contribution in [0.1, 0.15) is 5.56 Å². The molecule has 7 aromatic carbocycles. The molecule has 0 atom stereocenters. The van der Waals surface area contributed by atoms with E-state index in [0.29, 0.717) is 11.3 Å². The Morgan fingerprint density at radius 1 is 0.531 bits per heavy atom. The van der Waals surface area contributed by atoms with Gasteiger partial charge in [-0.05, 0) is 60.0 Å². The van der Waals surface area contributed by atoms with Crippen molar-refractivity contribution in [3.8, 4) is 28.6 Å². The standard InChI is InChI=1S/C44H24N4S/c1-46-28-19-23-41-36(25-28)33-20-21-34-32-13-5-9-17-42(32)49-44(34)43(33)48(41)39-16-8-3-11-30(39)29-10-2-6-14-37(29)47-38-15-7-4-12-31(38)35-24-27(26-45)18-22-40(35)47/h2-25H. The molecule has 10 aromatic rings. The van der Waals surface area contributed by atoms with Gasteiger partial charge in [-0.15, -0.1) is 11.3 Å². The van der Waals surface area contributed by atoms with E-state index in [9.17, 15) is 5.26 Å². The van der Waals surface area contributed by atoms with Gasteiger partial charge in [0, 0.05) is 42.8 Å². The second kappa shape index (κ2) is 10.4. The second-order valence-electron chi connectivity index (χ2n) is 12.3. The average molecular weight is 641 g/mol. The van der Waals surface area contributed by atoms with Gasteiger partial charge in [0.2, 0.25) is 0 Å². The van der Waals surface area contributed by atoms with Crippen molar-refractivity contribution in [3.63, 3.8) is 0 Å². The van der Waals surface area contributed by atoms with Gasteiger partial charge >= 0.3 is 0 Å². The van der Waals surface area contributed by atoms with Crippen LogP contribution in [0.3, 0.4) is 0 Å². The number of aromatic nitrogens is 2. The fourth-order valence-corrected chi connectivity index (χ4v) is 8.92. The highest BCUT2D eigenvalue weighted by molar-refractivity contribution is 7.26. The predicted molar refractivity (Wildman–Crippen MR) is 204 cm³/mol. The van der Waals surface area contributed by atoms with E-state index < -0.39 is 0 Å². The van der Waals surface area contributed by atoms with Crippen molar-refractivity contribution in [1.29, 1.82) is 5.26 Å². The summed E-state index contributed by atoms with van der Waals surface area (Å²) in [5.41, 5.74) is 9.98. The molecule has 0 saturated heterocycles. The van der Waals surface area contributed by atoms with Crippen LogP contribution in [0.4, 0.5) is 5.69 Å². The van der Waals surface area contributed by atoms with Gasteiger partial charge < -0.3 is 9.13 Å². The van der Waals surface area contributed by atoms with Crippen molar-refractivity contribution in [2.45, 2.75) is 0 Å². The number of rotatable bonds is 3. The summed E-state index contributed by atoms with van der Waals surface area (Å²) >= 11 is 1.83. The van der Waals surface area contributed by atoms with E-state index in [1.54, 1.807) is 0 Å². The molecule has 0 aliphatic rings. The minimum atomic E-state index is 0.632. The third kappa shape index (κ3) is 3.88. The van der Waals surface area contributed by atoms with Gasteiger partial charge in [-0.25, -0.2) is 4.85 Å². The Morgan fingerprint density at radius 2 is 1.14 bits per heavy atom. The predicted octanol–water partition coefficient (Wildman–Crippen LogP) is 12.3. The summed E-state index contributed by atoms with van der Waals surface area (Å²) in [4.78, 5) is 3.80. The van der Waals surface area contributed by atoms with Gasteiger partial charge in [-0.3, -0.25) is 0 Å². The maximum atomic E-state index is 9.72. The molecule has 0 unspecified atom stereocenters. The number of nitriles is 1. The Labute approximate surface area is 285 Å². The van der Waals surface area contributed by atoms with Crippen molar-refractivity contribution in [3.05, 3.63) is 163 Å². The van der Waals surface area contributed by atoms with Crippen LogP contribution in [0.2, 0.25) is 0 Å². The molecule has 0 radical (unpaired) electrons. The van der Waals surface area contributed by atoms with Gasteiger partial charge in [0.1, 0.15) is 0 Å². The maximum Gasteiger partial charge on any atom is 0.188 e. The Morgan fingerprint density at radius 3 is 1.94 bits per heavy atom. The number of hydrogen-bond donors (Lipinski definition) is 0. The molecule has 3 aromatic heterocycles. The van der Waals surface area contributed by atoms with Crippen LogP contribution in [0.5, 0.6) is 0 Å². The number of benzene rings is 7. The van der Waals surface area contributed by atoms with Crippen molar-refractivity contribution < 1.29 is 0 Å². The van der Waals surface area contributed by atoms with E-state index >= 15 is 0 Å². The SMILES string of the molecule is [C-]#[N+]c1ccc2c(c1)c1ccc3c4ccccc4sc3c1n2-c1ccccc1-c1ccccc1-n1c2ccccc2c2cc(C#N)ccc21. The first kappa shape index (κ1) is 27.5. The van der Waals surface area contributed by atoms with Crippen molar-refractivity contribution in [2.75, 3.05) is 0 Å². The molecule has 10 rings (SSSR count). The lowest BCUT2D eigenvalue weighted by molar-refractivity contribution is 1.16. The molecule has 3 heterocycles. The Hall–Kier alpha value is -6.66. The number of nitrogens with zero attached hydrogens (tertiary/aromatic N) is 4. The summed E-state index contributed by atoms with van der Waals surface area (Å²) in [5, 5.41) is 16.6. The summed E-state index contributed by atoms with van der Waals surface area (Å²) < 4.78 is 7.23. The van der Waals surface area contributed by atoms with E-state index in [4.69, 9.17) is 6.57 Å². The lowest BCUT2D eigenvalue weighted by Gasteiger charge is -2.18. The normalized spacial score (nSPS) is 11.6. The summed E-state index contributed by atoms with van der Waals surface area (Å²) in [5.74, 6) is 0. The third-order valence-electron chi connectivity index (χ3n) is 9.77. The Kier molecular flexibility index (Phi) is 5.84. The number of thiophene rings is 1. The van der Waals surface area contributed by atoms with Crippen LogP contribution in [0, 0.1) is 17.9 Å². The van der Waals surface area contributed by atoms with Crippen molar-refractivity contribution >= 4 is 80.8 Å². The largest absolute Gasteiger partial charge is 0.309 e. The first-order valence-electron chi connectivity index (χ1n) is 16.1. The van der Waals surface area contributed by atoms with Crippen LogP contribution in [-0.4, -0.2) is 9.13 Å². The molecule has 0 fully saturated rings. The minimum absolute atomic E-state index is 0.632. The average Bonchev–Trinajstić information content (AvgIpc) is 3.82. The zero-order chi connectivity index (χ0) is 32.6. The van der Waals surface area contributed by atoms with Crippen molar-refractivity contribution in [2.24, 2.45) is 0 Å². The molecular weight excluding hydrogens is 617 g/mol. The monoisotopic (exact) mass is 640 g/mol. The highest BCUT2D eigenvalue weighted by Gasteiger charge is 2.22. The first-order chi connectivity index (χ1) is 24.2. The molecule has 5 heteroatoms. The first-order valence-corrected chi connectivity index (χ1v) is 16.9. The molecule has 0 spiro atoms. The lowest BCUT2D eigenvalue weighted by Crippen LogP contribution is -2.01. The molecule has 4 nitrogen and oxygen atoms in total. The van der Waals surface area contributed by atoms with E-state index in [1.165, 1.54) is 20.2 Å². The number of hydrogen-bond acceptors (Lipinski definition) is 2. The van der Waals surface area contributed by atoms with Crippen LogP contribution < -0.4 is 0 Å².